The summed E-state index contributed by atoms with van der Waals surface area (Å²) in [4.78, 5) is 11.0. The van der Waals surface area contributed by atoms with Crippen LogP contribution in [0.25, 0.3) is 0 Å². The van der Waals surface area contributed by atoms with Crippen LogP contribution in [-0.4, -0.2) is 28.1 Å². The Morgan fingerprint density at radius 2 is 1.76 bits per heavy atom. The van der Waals surface area contributed by atoms with Crippen LogP contribution in [0.3, 0.4) is 0 Å². The maximum atomic E-state index is 6.03. The Balaban J connectivity index is 0.000000722. The van der Waals surface area contributed by atoms with Crippen LogP contribution in [0.15, 0.2) is 18.6 Å². The third-order valence-electron chi connectivity index (χ3n) is 3.58. The molecular formula is C11H18Cl2N4. The van der Waals surface area contributed by atoms with E-state index in [1.54, 1.807) is 12.4 Å². The second kappa shape index (κ2) is 5.85. The summed E-state index contributed by atoms with van der Waals surface area (Å²) in [6, 6.07) is 1.57. The lowest BCUT2D eigenvalue weighted by atomic mass is 9.98. The summed E-state index contributed by atoms with van der Waals surface area (Å²) < 4.78 is 0. The number of piperidine rings is 1. The smallest absolute Gasteiger partial charge is 0.147 e. The predicted molar refractivity (Wildman–Crippen MR) is 73.0 cm³/mol. The molecule has 6 heteroatoms. The van der Waals surface area contributed by atoms with E-state index in [2.05, 4.69) is 14.9 Å². The number of nitrogens with two attached hydrogens (primary N) is 1. The molecule has 3 rings (SSSR count). The van der Waals surface area contributed by atoms with Gasteiger partial charge < -0.3 is 10.6 Å². The Labute approximate surface area is 114 Å². The maximum Gasteiger partial charge on any atom is 0.147 e. The zero-order valence-corrected chi connectivity index (χ0v) is 11.2. The van der Waals surface area contributed by atoms with Gasteiger partial charge in [0, 0.05) is 30.5 Å². The largest absolute Gasteiger partial charge is 0.349 e. The van der Waals surface area contributed by atoms with E-state index >= 15 is 0 Å². The van der Waals surface area contributed by atoms with Gasteiger partial charge in [0.05, 0.1) is 6.20 Å². The third kappa shape index (κ3) is 2.64. The summed E-state index contributed by atoms with van der Waals surface area (Å²) in [6.45, 7) is 0. The van der Waals surface area contributed by atoms with Gasteiger partial charge in [-0.1, -0.05) is 0 Å². The molecule has 17 heavy (non-hydrogen) atoms. The van der Waals surface area contributed by atoms with Crippen molar-refractivity contribution in [2.24, 2.45) is 5.73 Å². The minimum absolute atomic E-state index is 0. The third-order valence-corrected chi connectivity index (χ3v) is 3.58. The number of nitrogens with zero attached hydrogens (tertiary/aromatic N) is 3. The van der Waals surface area contributed by atoms with Gasteiger partial charge in [0.1, 0.15) is 5.82 Å². The summed E-state index contributed by atoms with van der Waals surface area (Å²) in [5.74, 6) is 1.02. The Morgan fingerprint density at radius 1 is 1.12 bits per heavy atom. The Morgan fingerprint density at radius 3 is 2.29 bits per heavy atom. The Hall–Kier alpha value is -0.580. The van der Waals surface area contributed by atoms with E-state index < -0.39 is 0 Å². The summed E-state index contributed by atoms with van der Waals surface area (Å²) in [5, 5.41) is 0. The van der Waals surface area contributed by atoms with E-state index in [1.165, 1.54) is 12.8 Å². The lowest BCUT2D eigenvalue weighted by Gasteiger charge is -2.38. The fraction of sp³-hybridized carbons (Fsp3) is 0.636. The van der Waals surface area contributed by atoms with E-state index in [9.17, 15) is 0 Å². The second-order valence-corrected chi connectivity index (χ2v) is 4.59. The first kappa shape index (κ1) is 14.5. The van der Waals surface area contributed by atoms with Crippen molar-refractivity contribution in [2.45, 2.75) is 43.8 Å². The molecule has 1 aromatic rings. The number of hydrogen-bond donors (Lipinski definition) is 1. The van der Waals surface area contributed by atoms with Crippen molar-refractivity contribution >= 4 is 30.6 Å². The van der Waals surface area contributed by atoms with E-state index in [1.807, 2.05) is 6.20 Å². The van der Waals surface area contributed by atoms with Gasteiger partial charge in [0.15, 0.2) is 0 Å². The van der Waals surface area contributed by atoms with Crippen LogP contribution in [0.1, 0.15) is 25.7 Å². The highest BCUT2D eigenvalue weighted by molar-refractivity contribution is 5.85. The summed E-state index contributed by atoms with van der Waals surface area (Å²) >= 11 is 0. The van der Waals surface area contributed by atoms with Gasteiger partial charge >= 0.3 is 0 Å². The van der Waals surface area contributed by atoms with Gasteiger partial charge in [-0.15, -0.1) is 24.8 Å². The van der Waals surface area contributed by atoms with Gasteiger partial charge in [-0.3, -0.25) is 4.98 Å². The first-order valence-corrected chi connectivity index (χ1v) is 5.64. The molecule has 0 spiro atoms. The van der Waals surface area contributed by atoms with E-state index in [4.69, 9.17) is 5.73 Å². The first-order chi connectivity index (χ1) is 7.34. The molecule has 4 nitrogen and oxygen atoms in total. The average Bonchev–Trinajstić information content (AvgIpc) is 2.53. The van der Waals surface area contributed by atoms with Gasteiger partial charge in [-0.2, -0.15) is 0 Å². The van der Waals surface area contributed by atoms with Crippen LogP contribution in [0.5, 0.6) is 0 Å². The lowest BCUT2D eigenvalue weighted by Crippen LogP contribution is -2.47. The summed E-state index contributed by atoms with van der Waals surface area (Å²) in [7, 11) is 0. The maximum absolute atomic E-state index is 6.03. The van der Waals surface area contributed by atoms with Crippen LogP contribution in [-0.2, 0) is 0 Å². The molecule has 2 saturated heterocycles. The molecule has 2 unspecified atom stereocenters. The SMILES string of the molecule is Cl.Cl.NC1CC2CCC(C1)N2c1cnccn1. The van der Waals surface area contributed by atoms with Gasteiger partial charge in [0.25, 0.3) is 0 Å². The zero-order chi connectivity index (χ0) is 10.3. The van der Waals surface area contributed by atoms with Crippen molar-refractivity contribution in [3.8, 4) is 0 Å². The Bertz CT molecular complexity index is 335. The summed E-state index contributed by atoms with van der Waals surface area (Å²) in [6.07, 6.45) is 10.1. The van der Waals surface area contributed by atoms with Crippen LogP contribution >= 0.6 is 24.8 Å². The average molecular weight is 277 g/mol. The van der Waals surface area contributed by atoms with Crippen molar-refractivity contribution in [3.05, 3.63) is 18.6 Å². The van der Waals surface area contributed by atoms with Crippen molar-refractivity contribution in [3.63, 3.8) is 0 Å². The quantitative estimate of drug-likeness (QED) is 0.850. The molecule has 2 aliphatic rings. The van der Waals surface area contributed by atoms with Gasteiger partial charge in [0.2, 0.25) is 0 Å². The molecule has 96 valence electrons. The molecule has 2 bridgehead atoms. The second-order valence-electron chi connectivity index (χ2n) is 4.59. The molecule has 0 aromatic carbocycles. The number of halogens is 2. The van der Waals surface area contributed by atoms with Crippen LogP contribution in [0, 0.1) is 0 Å². The monoisotopic (exact) mass is 276 g/mol. The molecule has 0 radical (unpaired) electrons. The first-order valence-electron chi connectivity index (χ1n) is 5.64. The van der Waals surface area contributed by atoms with Crippen LogP contribution in [0.4, 0.5) is 5.82 Å². The molecule has 2 aliphatic heterocycles. The van der Waals surface area contributed by atoms with Gasteiger partial charge in [-0.05, 0) is 25.7 Å². The number of fused-ring (bicyclic) bond motifs is 2. The van der Waals surface area contributed by atoms with Crippen molar-refractivity contribution in [1.29, 1.82) is 0 Å². The number of anilines is 1. The molecule has 0 saturated carbocycles. The topological polar surface area (TPSA) is 55.0 Å². The molecule has 2 atom stereocenters. The fourth-order valence-corrected chi connectivity index (χ4v) is 3.02. The molecule has 0 aliphatic carbocycles. The number of rotatable bonds is 1. The Kier molecular flexibility index (Phi) is 4.98. The highest BCUT2D eigenvalue weighted by Gasteiger charge is 2.40. The highest BCUT2D eigenvalue weighted by atomic mass is 35.5. The van der Waals surface area contributed by atoms with Crippen LogP contribution < -0.4 is 10.6 Å². The fourth-order valence-electron chi connectivity index (χ4n) is 3.02. The molecule has 2 fully saturated rings. The summed E-state index contributed by atoms with van der Waals surface area (Å²) in [5.41, 5.74) is 6.03. The molecule has 0 amide bonds. The number of hydrogen-bond acceptors (Lipinski definition) is 4. The van der Waals surface area contributed by atoms with E-state index in [0.29, 0.717) is 18.1 Å². The predicted octanol–water partition coefficient (Wildman–Crippen LogP) is 1.78. The molecule has 3 heterocycles. The molecule has 2 N–H and O–H groups in total. The van der Waals surface area contributed by atoms with Gasteiger partial charge in [-0.25, -0.2) is 4.98 Å². The lowest BCUT2D eigenvalue weighted by molar-refractivity contribution is 0.412. The minimum atomic E-state index is 0. The normalized spacial score (nSPS) is 30.4. The minimum Gasteiger partial charge on any atom is -0.349 e. The van der Waals surface area contributed by atoms with Crippen LogP contribution in [0.2, 0.25) is 0 Å². The highest BCUT2D eigenvalue weighted by Crippen LogP contribution is 2.37. The van der Waals surface area contributed by atoms with E-state index in [0.717, 1.165) is 18.7 Å². The van der Waals surface area contributed by atoms with Crippen molar-refractivity contribution in [2.75, 3.05) is 4.90 Å². The molecular weight excluding hydrogens is 259 g/mol. The zero-order valence-electron chi connectivity index (χ0n) is 9.53. The van der Waals surface area contributed by atoms with E-state index in [-0.39, 0.29) is 24.8 Å². The molecule has 1 aromatic heterocycles. The van der Waals surface area contributed by atoms with Crippen molar-refractivity contribution < 1.29 is 0 Å². The number of aromatic nitrogens is 2. The standard InChI is InChI=1S/C11H16N4.2ClH/c12-8-5-9-1-2-10(6-8)15(9)11-7-13-3-4-14-11;;/h3-4,7-10H,1-2,5-6,12H2;2*1H. The van der Waals surface area contributed by atoms with Crippen molar-refractivity contribution in [1.82, 2.24) is 9.97 Å².